The summed E-state index contributed by atoms with van der Waals surface area (Å²) in [7, 11) is 1.62. The van der Waals surface area contributed by atoms with Gasteiger partial charge in [-0.2, -0.15) is 0 Å². The Morgan fingerprint density at radius 2 is 1.83 bits per heavy atom. The van der Waals surface area contributed by atoms with E-state index in [1.165, 1.54) is 5.56 Å². The molecule has 0 saturated carbocycles. The zero-order valence-corrected chi connectivity index (χ0v) is 17.3. The molecule has 0 amide bonds. The van der Waals surface area contributed by atoms with Gasteiger partial charge in [-0.15, -0.1) is 0 Å². The highest BCUT2D eigenvalue weighted by molar-refractivity contribution is 6.74. The van der Waals surface area contributed by atoms with Gasteiger partial charge in [0.15, 0.2) is 8.32 Å². The Morgan fingerprint density at radius 1 is 1.17 bits per heavy atom. The van der Waals surface area contributed by atoms with Crippen LogP contribution in [0.5, 0.6) is 11.5 Å². The van der Waals surface area contributed by atoms with Crippen LogP contribution < -0.4 is 9.47 Å². The quantitative estimate of drug-likeness (QED) is 0.737. The molecule has 0 N–H and O–H groups in total. The van der Waals surface area contributed by atoms with E-state index in [2.05, 4.69) is 39.9 Å². The SMILES string of the molecule is COc1cc2c(c(OC)c1)C(C)=N[C@H](CO[Si](C)(C)C(C)(C)C)C2. The first kappa shape index (κ1) is 19.0. The van der Waals surface area contributed by atoms with E-state index in [4.69, 9.17) is 18.9 Å². The van der Waals surface area contributed by atoms with Crippen molar-refractivity contribution in [2.75, 3.05) is 20.8 Å². The van der Waals surface area contributed by atoms with Crippen molar-refractivity contribution in [3.63, 3.8) is 0 Å². The zero-order valence-electron chi connectivity index (χ0n) is 16.3. The summed E-state index contributed by atoms with van der Waals surface area (Å²) in [5, 5.41) is 0.213. The smallest absolute Gasteiger partial charge is 0.192 e. The van der Waals surface area contributed by atoms with Crippen LogP contribution in [-0.2, 0) is 10.8 Å². The van der Waals surface area contributed by atoms with Crippen molar-refractivity contribution in [2.24, 2.45) is 4.99 Å². The highest BCUT2D eigenvalue weighted by atomic mass is 28.4. The van der Waals surface area contributed by atoms with Gasteiger partial charge in [0.25, 0.3) is 0 Å². The lowest BCUT2D eigenvalue weighted by Gasteiger charge is -2.37. The molecule has 134 valence electrons. The summed E-state index contributed by atoms with van der Waals surface area (Å²) in [6.45, 7) is 14.1. The Kier molecular flexibility index (Phi) is 5.45. The van der Waals surface area contributed by atoms with Crippen LogP contribution in [0.25, 0.3) is 0 Å². The Bertz CT molecular complexity index is 632. The molecule has 0 aromatic heterocycles. The van der Waals surface area contributed by atoms with Gasteiger partial charge in [-0.1, -0.05) is 20.8 Å². The lowest BCUT2D eigenvalue weighted by atomic mass is 9.93. The van der Waals surface area contributed by atoms with Gasteiger partial charge < -0.3 is 13.9 Å². The van der Waals surface area contributed by atoms with Gasteiger partial charge in [-0.3, -0.25) is 4.99 Å². The van der Waals surface area contributed by atoms with Crippen molar-refractivity contribution < 1.29 is 13.9 Å². The number of rotatable bonds is 5. The number of hydrogen-bond acceptors (Lipinski definition) is 4. The van der Waals surface area contributed by atoms with Crippen molar-refractivity contribution in [1.29, 1.82) is 0 Å². The minimum Gasteiger partial charge on any atom is -0.497 e. The van der Waals surface area contributed by atoms with Gasteiger partial charge in [-0.25, -0.2) is 0 Å². The molecule has 1 aliphatic rings. The Balaban J connectivity index is 2.22. The molecule has 0 spiro atoms. The number of aliphatic imine (C=N–C) groups is 1. The van der Waals surface area contributed by atoms with Crippen LogP contribution in [0.2, 0.25) is 18.1 Å². The molecule has 0 aliphatic carbocycles. The number of hydrogen-bond donors (Lipinski definition) is 0. The zero-order chi connectivity index (χ0) is 18.1. The number of methoxy groups -OCH3 is 2. The van der Waals surface area contributed by atoms with Gasteiger partial charge >= 0.3 is 0 Å². The van der Waals surface area contributed by atoms with Crippen LogP contribution in [0.1, 0.15) is 38.8 Å². The fraction of sp³-hybridized carbons (Fsp3) is 0.632. The molecule has 4 nitrogen and oxygen atoms in total. The maximum atomic E-state index is 6.38. The lowest BCUT2D eigenvalue weighted by molar-refractivity contribution is 0.262. The summed E-state index contributed by atoms with van der Waals surface area (Å²) in [5.41, 5.74) is 3.34. The second kappa shape index (κ2) is 6.88. The molecule has 0 saturated heterocycles. The lowest BCUT2D eigenvalue weighted by Crippen LogP contribution is -2.43. The highest BCUT2D eigenvalue weighted by Crippen LogP contribution is 2.37. The molecule has 24 heavy (non-hydrogen) atoms. The predicted octanol–water partition coefficient (Wildman–Crippen LogP) is 4.46. The third kappa shape index (κ3) is 3.83. The van der Waals surface area contributed by atoms with E-state index in [-0.39, 0.29) is 11.1 Å². The predicted molar refractivity (Wildman–Crippen MR) is 102 cm³/mol. The largest absolute Gasteiger partial charge is 0.497 e. The van der Waals surface area contributed by atoms with Gasteiger partial charge in [-0.05, 0) is 43.1 Å². The Labute approximate surface area is 147 Å². The summed E-state index contributed by atoms with van der Waals surface area (Å²) in [4.78, 5) is 4.87. The molecular weight excluding hydrogens is 318 g/mol. The van der Waals surface area contributed by atoms with Gasteiger partial charge in [0.05, 0.1) is 26.9 Å². The molecule has 0 unspecified atom stereocenters. The second-order valence-electron chi connectivity index (χ2n) is 8.01. The highest BCUT2D eigenvalue weighted by Gasteiger charge is 2.38. The first-order chi connectivity index (χ1) is 11.1. The summed E-state index contributed by atoms with van der Waals surface area (Å²) >= 11 is 0. The van der Waals surface area contributed by atoms with E-state index in [1.54, 1.807) is 14.2 Å². The Hall–Kier alpha value is -1.33. The number of nitrogens with zero attached hydrogens (tertiary/aromatic N) is 1. The molecule has 1 aromatic carbocycles. The average Bonchev–Trinajstić information content (AvgIpc) is 2.50. The van der Waals surface area contributed by atoms with Crippen LogP contribution in [-0.4, -0.2) is 40.9 Å². The van der Waals surface area contributed by atoms with Gasteiger partial charge in [0, 0.05) is 17.3 Å². The molecular formula is C19H31NO3Si. The fourth-order valence-electron chi connectivity index (χ4n) is 2.75. The maximum Gasteiger partial charge on any atom is 0.192 e. The van der Waals surface area contributed by atoms with E-state index in [0.717, 1.165) is 29.2 Å². The van der Waals surface area contributed by atoms with Crippen LogP contribution in [0, 0.1) is 0 Å². The second-order valence-corrected chi connectivity index (χ2v) is 12.8. The number of benzene rings is 1. The van der Waals surface area contributed by atoms with Crippen LogP contribution in [0.3, 0.4) is 0 Å². The minimum atomic E-state index is -1.76. The monoisotopic (exact) mass is 349 g/mol. The summed E-state index contributed by atoms with van der Waals surface area (Å²) in [5.74, 6) is 1.65. The van der Waals surface area contributed by atoms with Crippen molar-refractivity contribution in [1.82, 2.24) is 0 Å². The van der Waals surface area contributed by atoms with Crippen molar-refractivity contribution in [2.45, 2.75) is 58.3 Å². The van der Waals surface area contributed by atoms with E-state index in [1.807, 2.05) is 13.0 Å². The van der Waals surface area contributed by atoms with Crippen molar-refractivity contribution >= 4 is 14.0 Å². The molecule has 1 heterocycles. The number of ether oxygens (including phenoxy) is 2. The molecule has 0 fully saturated rings. The molecule has 1 aromatic rings. The molecule has 0 radical (unpaired) electrons. The third-order valence-electron chi connectivity index (χ3n) is 5.25. The minimum absolute atomic E-state index is 0.156. The standard InChI is InChI=1S/C19H31NO3Si/c1-13-18-14(10-16(21-5)11-17(18)22-6)9-15(20-13)12-23-24(7,8)19(2,3)4/h10-11,15H,9,12H2,1-8H3/t15-/m0/s1. The summed E-state index contributed by atoms with van der Waals surface area (Å²) in [6.07, 6.45) is 0.856. The summed E-state index contributed by atoms with van der Waals surface area (Å²) in [6, 6.07) is 4.17. The Morgan fingerprint density at radius 3 is 2.38 bits per heavy atom. The van der Waals surface area contributed by atoms with Crippen LogP contribution in [0.15, 0.2) is 17.1 Å². The first-order valence-corrected chi connectivity index (χ1v) is 11.4. The van der Waals surface area contributed by atoms with E-state index < -0.39 is 8.32 Å². The van der Waals surface area contributed by atoms with Gasteiger partial charge in [0.1, 0.15) is 11.5 Å². The van der Waals surface area contributed by atoms with E-state index in [9.17, 15) is 0 Å². The van der Waals surface area contributed by atoms with Crippen molar-refractivity contribution in [3.05, 3.63) is 23.3 Å². The number of fused-ring (bicyclic) bond motifs is 1. The average molecular weight is 350 g/mol. The summed E-state index contributed by atoms with van der Waals surface area (Å²) < 4.78 is 17.3. The first-order valence-electron chi connectivity index (χ1n) is 8.52. The molecule has 0 bridgehead atoms. The van der Waals surface area contributed by atoms with E-state index in [0.29, 0.717) is 6.61 Å². The fourth-order valence-corrected chi connectivity index (χ4v) is 3.79. The normalized spacial score (nSPS) is 18.0. The third-order valence-corrected chi connectivity index (χ3v) is 9.75. The molecule has 5 heteroatoms. The van der Waals surface area contributed by atoms with Crippen LogP contribution in [0.4, 0.5) is 0 Å². The van der Waals surface area contributed by atoms with Crippen LogP contribution >= 0.6 is 0 Å². The van der Waals surface area contributed by atoms with E-state index >= 15 is 0 Å². The van der Waals surface area contributed by atoms with Gasteiger partial charge in [0.2, 0.25) is 0 Å². The van der Waals surface area contributed by atoms with Crippen molar-refractivity contribution in [3.8, 4) is 11.5 Å². The topological polar surface area (TPSA) is 40.0 Å². The molecule has 1 atom stereocenters. The molecule has 1 aliphatic heterocycles. The maximum absolute atomic E-state index is 6.38. The molecule has 2 rings (SSSR count).